The molecule has 0 aromatic heterocycles. The van der Waals surface area contributed by atoms with Crippen molar-refractivity contribution in [2.24, 2.45) is 5.41 Å². The lowest BCUT2D eigenvalue weighted by Gasteiger charge is -2.41. The Morgan fingerprint density at radius 3 is 2.21 bits per heavy atom. The highest BCUT2D eigenvalue weighted by Crippen LogP contribution is 2.44. The molecule has 0 atom stereocenters. The van der Waals surface area contributed by atoms with Crippen LogP contribution in [0.25, 0.3) is 0 Å². The Bertz CT molecular complexity index is 628. The van der Waals surface area contributed by atoms with Crippen molar-refractivity contribution >= 4 is 5.97 Å². The highest BCUT2D eigenvalue weighted by Gasteiger charge is 2.44. The molecule has 7 nitrogen and oxygen atoms in total. The second-order valence-electron chi connectivity index (χ2n) is 6.52. The summed E-state index contributed by atoms with van der Waals surface area (Å²) in [5, 5.41) is 0. The molecule has 24 heavy (non-hydrogen) atoms. The van der Waals surface area contributed by atoms with Gasteiger partial charge in [0.15, 0.2) is 17.3 Å². The zero-order valence-corrected chi connectivity index (χ0v) is 14.3. The molecule has 7 heteroatoms. The zero-order valence-electron chi connectivity index (χ0n) is 14.3. The highest BCUT2D eigenvalue weighted by molar-refractivity contribution is 5.94. The Morgan fingerprint density at radius 2 is 1.62 bits per heavy atom. The molecule has 1 aromatic rings. The highest BCUT2D eigenvalue weighted by atomic mass is 16.7. The summed E-state index contributed by atoms with van der Waals surface area (Å²) >= 11 is 0. The van der Waals surface area contributed by atoms with E-state index in [2.05, 4.69) is 0 Å². The molecule has 2 aliphatic heterocycles. The van der Waals surface area contributed by atoms with Gasteiger partial charge in [0, 0.05) is 0 Å². The first-order valence-electron chi connectivity index (χ1n) is 7.72. The van der Waals surface area contributed by atoms with Crippen molar-refractivity contribution in [3.63, 3.8) is 0 Å². The number of hydrogen-bond acceptors (Lipinski definition) is 7. The molecule has 0 radical (unpaired) electrons. The van der Waals surface area contributed by atoms with E-state index in [0.717, 1.165) is 0 Å². The van der Waals surface area contributed by atoms with Crippen molar-refractivity contribution in [3.8, 4) is 17.2 Å². The van der Waals surface area contributed by atoms with Gasteiger partial charge in [-0.2, -0.15) is 0 Å². The third-order valence-electron chi connectivity index (χ3n) is 4.20. The average molecular weight is 338 g/mol. The second-order valence-corrected chi connectivity index (χ2v) is 6.52. The van der Waals surface area contributed by atoms with E-state index in [-0.39, 0.29) is 0 Å². The predicted octanol–water partition coefficient (Wildman–Crippen LogP) is 2.02. The van der Waals surface area contributed by atoms with Crippen LogP contribution in [0.1, 0.15) is 24.2 Å². The number of carbonyl (C=O) groups is 1. The molecule has 1 fully saturated rings. The predicted molar refractivity (Wildman–Crippen MR) is 83.7 cm³/mol. The zero-order chi connectivity index (χ0) is 17.4. The van der Waals surface area contributed by atoms with Crippen molar-refractivity contribution in [2.75, 3.05) is 40.6 Å². The maximum Gasteiger partial charge on any atom is 0.341 e. The fourth-order valence-electron chi connectivity index (χ4n) is 2.65. The molecule has 3 rings (SSSR count). The van der Waals surface area contributed by atoms with E-state index in [9.17, 15) is 4.79 Å². The molecule has 0 aliphatic carbocycles. The number of benzene rings is 1. The first-order valence-corrected chi connectivity index (χ1v) is 7.72. The van der Waals surface area contributed by atoms with E-state index in [4.69, 9.17) is 28.4 Å². The number of methoxy groups -OCH3 is 2. The Labute approximate surface area is 140 Å². The number of hydrogen-bond donors (Lipinski definition) is 0. The Kier molecular flexibility index (Phi) is 4.31. The fourth-order valence-corrected chi connectivity index (χ4v) is 2.65. The van der Waals surface area contributed by atoms with Gasteiger partial charge in [0.1, 0.15) is 18.8 Å². The Hall–Kier alpha value is -1.99. The van der Waals surface area contributed by atoms with E-state index < -0.39 is 17.2 Å². The first kappa shape index (κ1) is 16.9. The van der Waals surface area contributed by atoms with Crippen LogP contribution in [0.4, 0.5) is 0 Å². The minimum atomic E-state index is -0.626. The van der Waals surface area contributed by atoms with E-state index in [1.54, 1.807) is 12.1 Å². The molecule has 0 saturated carbocycles. The van der Waals surface area contributed by atoms with Crippen LogP contribution >= 0.6 is 0 Å². The SMILES string of the molecule is COC(=O)c1ccc(OC)c2c1OCC1(CO2)COC(C)(C)OC1. The summed E-state index contributed by atoms with van der Waals surface area (Å²) in [5.74, 6) is 0.0858. The summed E-state index contributed by atoms with van der Waals surface area (Å²) in [6.45, 7) is 5.23. The molecule has 2 aliphatic rings. The lowest BCUT2D eigenvalue weighted by atomic mass is 9.91. The van der Waals surface area contributed by atoms with Crippen molar-refractivity contribution in [1.29, 1.82) is 0 Å². The van der Waals surface area contributed by atoms with Crippen LogP contribution in [0.3, 0.4) is 0 Å². The molecule has 2 heterocycles. The van der Waals surface area contributed by atoms with Gasteiger partial charge < -0.3 is 28.4 Å². The smallest absolute Gasteiger partial charge is 0.341 e. The van der Waals surface area contributed by atoms with Gasteiger partial charge in [-0.25, -0.2) is 4.79 Å². The van der Waals surface area contributed by atoms with Crippen LogP contribution < -0.4 is 14.2 Å². The van der Waals surface area contributed by atoms with Gasteiger partial charge in [-0.3, -0.25) is 0 Å². The summed E-state index contributed by atoms with van der Waals surface area (Å²) in [6.07, 6.45) is 0. The van der Waals surface area contributed by atoms with Crippen LogP contribution in [0.15, 0.2) is 12.1 Å². The van der Waals surface area contributed by atoms with Crippen LogP contribution in [0, 0.1) is 5.41 Å². The molecular formula is C17H22O7. The third-order valence-corrected chi connectivity index (χ3v) is 4.20. The van der Waals surface area contributed by atoms with Gasteiger partial charge >= 0.3 is 5.97 Å². The fraction of sp³-hybridized carbons (Fsp3) is 0.588. The van der Waals surface area contributed by atoms with Crippen molar-refractivity contribution in [2.45, 2.75) is 19.6 Å². The van der Waals surface area contributed by atoms with Crippen LogP contribution in [-0.2, 0) is 14.2 Å². The third kappa shape index (κ3) is 3.01. The minimum Gasteiger partial charge on any atom is -0.493 e. The average Bonchev–Trinajstić information content (AvgIpc) is 2.77. The number of carbonyl (C=O) groups excluding carboxylic acids is 1. The monoisotopic (exact) mass is 338 g/mol. The Balaban J connectivity index is 1.91. The molecule has 0 bridgehead atoms. The van der Waals surface area contributed by atoms with Gasteiger partial charge in [-0.15, -0.1) is 0 Å². The minimum absolute atomic E-state index is 0.295. The summed E-state index contributed by atoms with van der Waals surface area (Å²) in [6, 6.07) is 3.26. The topological polar surface area (TPSA) is 72.5 Å². The number of esters is 1. The molecule has 0 amide bonds. The van der Waals surface area contributed by atoms with Crippen LogP contribution in [0.2, 0.25) is 0 Å². The normalized spacial score (nSPS) is 21.0. The van der Waals surface area contributed by atoms with Gasteiger partial charge in [-0.1, -0.05) is 0 Å². The molecule has 1 aromatic carbocycles. The number of fused-ring (bicyclic) bond motifs is 1. The van der Waals surface area contributed by atoms with Crippen molar-refractivity contribution in [1.82, 2.24) is 0 Å². The number of rotatable bonds is 2. The molecule has 0 unspecified atom stereocenters. The maximum absolute atomic E-state index is 12.0. The molecule has 1 saturated heterocycles. The quantitative estimate of drug-likeness (QED) is 0.764. The standard InChI is InChI=1S/C17H22O7/c1-16(2)23-9-17(10-24-16)7-21-13-11(15(18)20-4)5-6-12(19-3)14(13)22-8-17/h5-6H,7-10H2,1-4H3. The lowest BCUT2D eigenvalue weighted by Crippen LogP contribution is -2.51. The van der Waals surface area contributed by atoms with E-state index in [0.29, 0.717) is 49.2 Å². The Morgan fingerprint density at radius 1 is 1.00 bits per heavy atom. The summed E-state index contributed by atoms with van der Waals surface area (Å²) in [7, 11) is 2.86. The van der Waals surface area contributed by atoms with Crippen molar-refractivity contribution < 1.29 is 33.2 Å². The molecular weight excluding hydrogens is 316 g/mol. The first-order chi connectivity index (χ1) is 11.4. The van der Waals surface area contributed by atoms with E-state index in [1.165, 1.54) is 14.2 Å². The van der Waals surface area contributed by atoms with Gasteiger partial charge in [0.05, 0.1) is 32.8 Å². The van der Waals surface area contributed by atoms with Crippen molar-refractivity contribution in [3.05, 3.63) is 17.7 Å². The summed E-state index contributed by atoms with van der Waals surface area (Å²) in [5.41, 5.74) is -0.157. The lowest BCUT2D eigenvalue weighted by molar-refractivity contribution is -0.291. The van der Waals surface area contributed by atoms with Gasteiger partial charge in [0.25, 0.3) is 0 Å². The largest absolute Gasteiger partial charge is 0.493 e. The molecule has 1 spiro atoms. The van der Waals surface area contributed by atoms with Crippen LogP contribution in [0.5, 0.6) is 17.2 Å². The molecule has 0 N–H and O–H groups in total. The number of ether oxygens (including phenoxy) is 6. The molecule has 132 valence electrons. The second kappa shape index (κ2) is 6.14. The van der Waals surface area contributed by atoms with Gasteiger partial charge in [0.2, 0.25) is 5.75 Å². The van der Waals surface area contributed by atoms with E-state index >= 15 is 0 Å². The van der Waals surface area contributed by atoms with Crippen LogP contribution in [-0.4, -0.2) is 52.4 Å². The maximum atomic E-state index is 12.0. The van der Waals surface area contributed by atoms with Gasteiger partial charge in [-0.05, 0) is 26.0 Å². The summed E-state index contributed by atoms with van der Waals surface area (Å²) in [4.78, 5) is 12.0. The summed E-state index contributed by atoms with van der Waals surface area (Å²) < 4.78 is 33.6. The van der Waals surface area contributed by atoms with E-state index in [1.807, 2.05) is 13.8 Å².